The van der Waals surface area contributed by atoms with Crippen molar-refractivity contribution in [1.82, 2.24) is 19.8 Å². The quantitative estimate of drug-likeness (QED) is 0.638. The van der Waals surface area contributed by atoms with Crippen molar-refractivity contribution >= 4 is 17.5 Å². The smallest absolute Gasteiger partial charge is 0.271 e. The van der Waals surface area contributed by atoms with E-state index in [1.54, 1.807) is 0 Å². The minimum absolute atomic E-state index is 0.0359. The second kappa shape index (κ2) is 10.2. The molecule has 2 aliphatic rings. The lowest BCUT2D eigenvalue weighted by atomic mass is 9.92. The minimum atomic E-state index is -0.0359. The zero-order chi connectivity index (χ0) is 21.8. The van der Waals surface area contributed by atoms with E-state index in [2.05, 4.69) is 28.6 Å². The summed E-state index contributed by atoms with van der Waals surface area (Å²) in [5, 5.41) is 3.85. The Labute approximate surface area is 191 Å². The Morgan fingerprint density at radius 1 is 1.13 bits per heavy atom. The maximum Gasteiger partial charge on any atom is 0.271 e. The minimum Gasteiger partial charge on any atom is -0.351 e. The standard InChI is InChI=1S/C25H35ClN4O/c1-18-15-19(2)17-29(16-18)13-6-12-27-25(31)23-22-7-4-3-5-14-30(22)24(28-23)20-8-10-21(26)11-9-20/h8-11,18-19H,3-7,12-17H2,1-2H3,(H,27,31)/t18-,19-/m1/s1. The summed E-state index contributed by atoms with van der Waals surface area (Å²) in [7, 11) is 0. The monoisotopic (exact) mass is 442 g/mol. The topological polar surface area (TPSA) is 50.2 Å². The van der Waals surface area contributed by atoms with Crippen LogP contribution < -0.4 is 5.32 Å². The van der Waals surface area contributed by atoms with Crippen molar-refractivity contribution in [2.75, 3.05) is 26.2 Å². The molecule has 4 rings (SSSR count). The molecule has 2 aliphatic heterocycles. The van der Waals surface area contributed by atoms with Gasteiger partial charge in [0.15, 0.2) is 0 Å². The van der Waals surface area contributed by atoms with E-state index < -0.39 is 0 Å². The fourth-order valence-corrected chi connectivity index (χ4v) is 5.41. The molecule has 2 aromatic rings. The van der Waals surface area contributed by atoms with Crippen LogP contribution in [0.1, 0.15) is 62.1 Å². The lowest BCUT2D eigenvalue weighted by Gasteiger charge is -2.34. The van der Waals surface area contributed by atoms with Crippen LogP contribution in [-0.2, 0) is 13.0 Å². The third kappa shape index (κ3) is 5.50. The lowest BCUT2D eigenvalue weighted by Crippen LogP contribution is -2.40. The largest absolute Gasteiger partial charge is 0.351 e. The van der Waals surface area contributed by atoms with Crippen molar-refractivity contribution in [3.63, 3.8) is 0 Å². The molecule has 5 nitrogen and oxygen atoms in total. The molecule has 1 saturated heterocycles. The van der Waals surface area contributed by atoms with Crippen LogP contribution in [0.2, 0.25) is 5.02 Å². The lowest BCUT2D eigenvalue weighted by molar-refractivity contribution is 0.0941. The highest BCUT2D eigenvalue weighted by Gasteiger charge is 2.25. The number of nitrogens with one attached hydrogen (secondary N) is 1. The van der Waals surface area contributed by atoms with E-state index in [4.69, 9.17) is 16.6 Å². The summed E-state index contributed by atoms with van der Waals surface area (Å²) in [6.45, 7) is 9.70. The number of fused-ring (bicyclic) bond motifs is 1. The summed E-state index contributed by atoms with van der Waals surface area (Å²) < 4.78 is 2.25. The van der Waals surface area contributed by atoms with Gasteiger partial charge in [0.05, 0.1) is 5.69 Å². The van der Waals surface area contributed by atoms with Gasteiger partial charge >= 0.3 is 0 Å². The van der Waals surface area contributed by atoms with Crippen LogP contribution in [0.3, 0.4) is 0 Å². The number of amides is 1. The predicted octanol–water partition coefficient (Wildman–Crippen LogP) is 5.03. The summed E-state index contributed by atoms with van der Waals surface area (Å²) in [6, 6.07) is 7.75. The average molecular weight is 443 g/mol. The summed E-state index contributed by atoms with van der Waals surface area (Å²) in [5.41, 5.74) is 2.70. The first-order chi connectivity index (χ1) is 15.0. The van der Waals surface area contributed by atoms with E-state index >= 15 is 0 Å². The highest BCUT2D eigenvalue weighted by Crippen LogP contribution is 2.28. The van der Waals surface area contributed by atoms with Crippen LogP contribution in [0.5, 0.6) is 0 Å². The van der Waals surface area contributed by atoms with Gasteiger partial charge in [-0.3, -0.25) is 4.79 Å². The van der Waals surface area contributed by atoms with Gasteiger partial charge < -0.3 is 14.8 Å². The zero-order valence-electron chi connectivity index (χ0n) is 18.9. The Morgan fingerprint density at radius 3 is 2.61 bits per heavy atom. The molecule has 31 heavy (non-hydrogen) atoms. The summed E-state index contributed by atoms with van der Waals surface area (Å²) in [6.07, 6.45) is 6.64. The fraction of sp³-hybridized carbons (Fsp3) is 0.600. The molecule has 0 aliphatic carbocycles. The number of benzene rings is 1. The molecule has 3 heterocycles. The van der Waals surface area contributed by atoms with E-state index in [9.17, 15) is 4.79 Å². The van der Waals surface area contributed by atoms with E-state index in [-0.39, 0.29) is 5.91 Å². The molecule has 0 radical (unpaired) electrons. The van der Waals surface area contributed by atoms with Crippen LogP contribution >= 0.6 is 11.6 Å². The van der Waals surface area contributed by atoms with Crippen molar-refractivity contribution in [2.45, 2.75) is 58.9 Å². The zero-order valence-corrected chi connectivity index (χ0v) is 19.6. The van der Waals surface area contributed by atoms with Gasteiger partial charge in [0.25, 0.3) is 5.91 Å². The molecule has 0 spiro atoms. The molecule has 0 saturated carbocycles. The first-order valence-electron chi connectivity index (χ1n) is 11.9. The Balaban J connectivity index is 1.42. The second-order valence-corrected chi connectivity index (χ2v) is 9.95. The van der Waals surface area contributed by atoms with E-state index in [1.807, 2.05) is 24.3 Å². The summed E-state index contributed by atoms with van der Waals surface area (Å²) in [5.74, 6) is 2.39. The molecule has 1 N–H and O–H groups in total. The number of likely N-dealkylation sites (tertiary alicyclic amines) is 1. The van der Waals surface area contributed by atoms with E-state index in [1.165, 1.54) is 25.9 Å². The molecule has 6 heteroatoms. The maximum atomic E-state index is 13.1. The summed E-state index contributed by atoms with van der Waals surface area (Å²) >= 11 is 6.07. The van der Waals surface area contributed by atoms with Gasteiger partial charge in [0, 0.05) is 36.8 Å². The first-order valence-corrected chi connectivity index (χ1v) is 12.2. The van der Waals surface area contributed by atoms with E-state index in [0.717, 1.165) is 67.7 Å². The van der Waals surface area contributed by atoms with Gasteiger partial charge in [-0.1, -0.05) is 31.9 Å². The Kier molecular flexibility index (Phi) is 7.34. The molecule has 2 atom stereocenters. The number of aromatic nitrogens is 2. The van der Waals surface area contributed by atoms with Gasteiger partial charge in [0.1, 0.15) is 11.5 Å². The molecule has 1 amide bonds. The van der Waals surface area contributed by atoms with Gasteiger partial charge in [-0.15, -0.1) is 0 Å². The van der Waals surface area contributed by atoms with Crippen LogP contribution in [0.15, 0.2) is 24.3 Å². The van der Waals surface area contributed by atoms with Crippen LogP contribution in [0.4, 0.5) is 0 Å². The van der Waals surface area contributed by atoms with Gasteiger partial charge in [-0.2, -0.15) is 0 Å². The SMILES string of the molecule is C[C@@H]1C[C@@H](C)CN(CCCNC(=O)c2nc(-c3ccc(Cl)cc3)n3c2CCCCC3)C1. The van der Waals surface area contributed by atoms with Crippen molar-refractivity contribution < 1.29 is 4.79 Å². The number of rotatable bonds is 6. The molecular weight excluding hydrogens is 408 g/mol. The number of carbonyl (C=O) groups is 1. The maximum absolute atomic E-state index is 13.1. The number of carbonyl (C=O) groups excluding carboxylic acids is 1. The highest BCUT2D eigenvalue weighted by molar-refractivity contribution is 6.30. The second-order valence-electron chi connectivity index (χ2n) is 9.51. The molecule has 1 aromatic heterocycles. The van der Waals surface area contributed by atoms with Crippen molar-refractivity contribution in [3.8, 4) is 11.4 Å². The number of halogens is 1. The number of hydrogen-bond donors (Lipinski definition) is 1. The molecule has 168 valence electrons. The predicted molar refractivity (Wildman–Crippen MR) is 127 cm³/mol. The van der Waals surface area contributed by atoms with Crippen molar-refractivity contribution in [2.24, 2.45) is 11.8 Å². The number of hydrogen-bond acceptors (Lipinski definition) is 3. The normalized spacial score (nSPS) is 22.0. The third-order valence-electron chi connectivity index (χ3n) is 6.57. The first kappa shape index (κ1) is 22.3. The van der Waals surface area contributed by atoms with Crippen molar-refractivity contribution in [1.29, 1.82) is 0 Å². The molecule has 0 bridgehead atoms. The van der Waals surface area contributed by atoms with Gasteiger partial charge in [0.2, 0.25) is 0 Å². The van der Waals surface area contributed by atoms with Gasteiger partial charge in [-0.25, -0.2) is 4.98 Å². The van der Waals surface area contributed by atoms with E-state index in [0.29, 0.717) is 17.3 Å². The third-order valence-corrected chi connectivity index (χ3v) is 6.82. The molecular formula is C25H35ClN4O. The Bertz CT molecular complexity index is 882. The highest BCUT2D eigenvalue weighted by atomic mass is 35.5. The summed E-state index contributed by atoms with van der Waals surface area (Å²) in [4.78, 5) is 20.4. The number of nitrogens with zero attached hydrogens (tertiary/aromatic N) is 3. The molecule has 1 aromatic carbocycles. The Morgan fingerprint density at radius 2 is 1.87 bits per heavy atom. The number of imidazole rings is 1. The molecule has 1 fully saturated rings. The van der Waals surface area contributed by atoms with Gasteiger partial charge in [-0.05, 0) is 74.8 Å². The molecule has 0 unspecified atom stereocenters. The fourth-order valence-electron chi connectivity index (χ4n) is 5.28. The average Bonchev–Trinajstić information content (AvgIpc) is 2.92. The van der Waals surface area contributed by atoms with Crippen molar-refractivity contribution in [3.05, 3.63) is 40.7 Å². The van der Waals surface area contributed by atoms with Crippen LogP contribution in [0, 0.1) is 11.8 Å². The Hall–Kier alpha value is -1.85. The number of piperidine rings is 1. The van der Waals surface area contributed by atoms with Crippen LogP contribution in [-0.4, -0.2) is 46.5 Å². The van der Waals surface area contributed by atoms with Crippen LogP contribution in [0.25, 0.3) is 11.4 Å².